The number of nitro groups is 1. The first kappa shape index (κ1) is 9.72. The molecule has 0 atom stereocenters. The number of hydrogen-bond acceptors (Lipinski definition) is 4. The van der Waals surface area contributed by atoms with Crippen molar-refractivity contribution in [3.05, 3.63) is 45.0 Å². The van der Waals surface area contributed by atoms with Gasteiger partial charge in [0.25, 0.3) is 5.69 Å². The van der Waals surface area contributed by atoms with Gasteiger partial charge in [0.2, 0.25) is 0 Å². The smallest absolute Gasteiger partial charge is 0.258 e. The molecule has 6 heteroatoms. The van der Waals surface area contributed by atoms with Crippen molar-refractivity contribution in [1.29, 1.82) is 0 Å². The lowest BCUT2D eigenvalue weighted by Crippen LogP contribution is -1.91. The number of nitrogens with zero attached hydrogens (tertiary/aromatic N) is 2. The zero-order chi connectivity index (χ0) is 10.8. The summed E-state index contributed by atoms with van der Waals surface area (Å²) in [5.41, 5.74) is 1.99. The van der Waals surface area contributed by atoms with E-state index in [0.717, 1.165) is 12.1 Å². The molecule has 1 aromatic heterocycles. The monoisotopic (exact) mass is 224 g/mol. The minimum Gasteiger partial charge on any atom is -0.258 e. The van der Waals surface area contributed by atoms with E-state index in [0.29, 0.717) is 5.69 Å². The first-order valence-corrected chi connectivity index (χ1v) is 4.95. The van der Waals surface area contributed by atoms with Gasteiger partial charge in [0.05, 0.1) is 16.1 Å². The Morgan fingerprint density at radius 3 is 2.87 bits per heavy atom. The van der Waals surface area contributed by atoms with E-state index >= 15 is 0 Å². The van der Waals surface area contributed by atoms with Crippen molar-refractivity contribution in [2.24, 2.45) is 0 Å². The first-order chi connectivity index (χ1) is 7.18. The fourth-order valence-electron chi connectivity index (χ4n) is 1.17. The van der Waals surface area contributed by atoms with Gasteiger partial charge in [-0.15, -0.1) is 11.3 Å². The molecule has 0 amide bonds. The highest BCUT2D eigenvalue weighted by Gasteiger charge is 2.13. The number of halogens is 1. The number of rotatable bonds is 2. The summed E-state index contributed by atoms with van der Waals surface area (Å²) in [6, 6.07) is 3.39. The quantitative estimate of drug-likeness (QED) is 0.582. The number of hydrogen-bond donors (Lipinski definition) is 0. The molecule has 4 nitrogen and oxygen atoms in total. The highest BCUT2D eigenvalue weighted by Crippen LogP contribution is 2.26. The van der Waals surface area contributed by atoms with Crippen LogP contribution in [-0.2, 0) is 0 Å². The molecular weight excluding hydrogens is 219 g/mol. The summed E-state index contributed by atoms with van der Waals surface area (Å²) in [4.78, 5) is 13.8. The standard InChI is InChI=1S/C9H5FN2O2S/c10-8-2-1-6(12(13)14)3-7(8)9-4-15-5-11-9/h1-5H. The molecule has 0 aliphatic rings. The molecule has 0 unspecified atom stereocenters. The third kappa shape index (κ3) is 1.84. The third-order valence-electron chi connectivity index (χ3n) is 1.87. The molecule has 15 heavy (non-hydrogen) atoms. The molecule has 0 N–H and O–H groups in total. The van der Waals surface area contributed by atoms with Gasteiger partial charge in [-0.3, -0.25) is 10.1 Å². The molecular formula is C9H5FN2O2S. The Balaban J connectivity index is 2.55. The molecule has 0 saturated heterocycles. The summed E-state index contributed by atoms with van der Waals surface area (Å²) >= 11 is 1.31. The second-order valence-electron chi connectivity index (χ2n) is 2.79. The van der Waals surface area contributed by atoms with Crippen LogP contribution in [0.3, 0.4) is 0 Å². The second kappa shape index (κ2) is 3.74. The SMILES string of the molecule is O=[N+]([O-])c1ccc(F)c(-c2cscn2)c1. The Labute approximate surface area is 88.2 Å². The van der Waals surface area contributed by atoms with Crippen molar-refractivity contribution in [3.8, 4) is 11.3 Å². The van der Waals surface area contributed by atoms with E-state index in [4.69, 9.17) is 0 Å². The molecule has 1 aromatic carbocycles. The van der Waals surface area contributed by atoms with E-state index in [1.54, 1.807) is 10.9 Å². The van der Waals surface area contributed by atoms with Crippen molar-refractivity contribution in [1.82, 2.24) is 4.98 Å². The normalized spacial score (nSPS) is 10.2. The average Bonchev–Trinajstić information content (AvgIpc) is 2.71. The van der Waals surface area contributed by atoms with Crippen LogP contribution in [0.15, 0.2) is 29.1 Å². The molecule has 76 valence electrons. The minimum absolute atomic E-state index is 0.139. The van der Waals surface area contributed by atoms with Gasteiger partial charge in [0, 0.05) is 23.1 Å². The number of non-ortho nitro benzene ring substituents is 1. The van der Waals surface area contributed by atoms with Crippen LogP contribution in [0.2, 0.25) is 0 Å². The van der Waals surface area contributed by atoms with E-state index in [1.807, 2.05) is 0 Å². The van der Waals surface area contributed by atoms with Crippen molar-refractivity contribution in [2.45, 2.75) is 0 Å². The summed E-state index contributed by atoms with van der Waals surface area (Å²) in [6.45, 7) is 0. The molecule has 0 fully saturated rings. The summed E-state index contributed by atoms with van der Waals surface area (Å²) < 4.78 is 13.3. The van der Waals surface area contributed by atoms with E-state index in [2.05, 4.69) is 4.98 Å². The Bertz CT molecular complexity index is 499. The fourth-order valence-corrected chi connectivity index (χ4v) is 1.72. The molecule has 0 aliphatic carbocycles. The van der Waals surface area contributed by atoms with Crippen molar-refractivity contribution < 1.29 is 9.31 Å². The topological polar surface area (TPSA) is 56.0 Å². The lowest BCUT2D eigenvalue weighted by molar-refractivity contribution is -0.384. The predicted octanol–water partition coefficient (Wildman–Crippen LogP) is 2.86. The van der Waals surface area contributed by atoms with Gasteiger partial charge in [0.15, 0.2) is 0 Å². The molecule has 2 rings (SSSR count). The van der Waals surface area contributed by atoms with E-state index < -0.39 is 10.7 Å². The van der Waals surface area contributed by atoms with Crippen LogP contribution in [0.1, 0.15) is 0 Å². The first-order valence-electron chi connectivity index (χ1n) is 4.01. The lowest BCUT2D eigenvalue weighted by atomic mass is 10.1. The van der Waals surface area contributed by atoms with Crippen LogP contribution >= 0.6 is 11.3 Å². The molecule has 0 radical (unpaired) electrons. The van der Waals surface area contributed by atoms with Crippen LogP contribution in [0.4, 0.5) is 10.1 Å². The Morgan fingerprint density at radius 1 is 1.47 bits per heavy atom. The van der Waals surface area contributed by atoms with Crippen LogP contribution in [0.5, 0.6) is 0 Å². The van der Waals surface area contributed by atoms with Crippen LogP contribution in [-0.4, -0.2) is 9.91 Å². The lowest BCUT2D eigenvalue weighted by Gasteiger charge is -1.98. The van der Waals surface area contributed by atoms with Gasteiger partial charge in [-0.1, -0.05) is 0 Å². The van der Waals surface area contributed by atoms with Crippen LogP contribution < -0.4 is 0 Å². The van der Waals surface area contributed by atoms with Crippen molar-refractivity contribution in [2.75, 3.05) is 0 Å². The Morgan fingerprint density at radius 2 is 2.27 bits per heavy atom. The second-order valence-corrected chi connectivity index (χ2v) is 3.51. The number of benzene rings is 1. The third-order valence-corrected chi connectivity index (χ3v) is 2.46. The maximum atomic E-state index is 13.3. The van der Waals surface area contributed by atoms with E-state index in [1.165, 1.54) is 17.4 Å². The molecule has 2 aromatic rings. The zero-order valence-electron chi connectivity index (χ0n) is 7.38. The molecule has 1 heterocycles. The highest BCUT2D eigenvalue weighted by atomic mass is 32.1. The summed E-state index contributed by atoms with van der Waals surface area (Å²) in [5, 5.41) is 12.1. The molecule has 0 spiro atoms. The van der Waals surface area contributed by atoms with E-state index in [-0.39, 0.29) is 11.3 Å². The van der Waals surface area contributed by atoms with Gasteiger partial charge in [-0.05, 0) is 6.07 Å². The highest BCUT2D eigenvalue weighted by molar-refractivity contribution is 7.07. The summed E-state index contributed by atoms with van der Waals surface area (Å²) in [7, 11) is 0. The van der Waals surface area contributed by atoms with Gasteiger partial charge in [-0.25, -0.2) is 9.37 Å². The summed E-state index contributed by atoms with van der Waals surface area (Å²) in [6.07, 6.45) is 0. The number of thiazole rings is 1. The molecule has 0 aliphatic heterocycles. The number of aromatic nitrogens is 1. The summed E-state index contributed by atoms with van der Waals surface area (Å²) in [5.74, 6) is -0.508. The molecule has 0 saturated carbocycles. The number of nitro benzene ring substituents is 1. The van der Waals surface area contributed by atoms with Gasteiger partial charge in [0.1, 0.15) is 5.82 Å². The fraction of sp³-hybridized carbons (Fsp3) is 0. The predicted molar refractivity (Wildman–Crippen MR) is 54.2 cm³/mol. The minimum atomic E-state index is -0.560. The van der Waals surface area contributed by atoms with Crippen LogP contribution in [0, 0.1) is 15.9 Å². The van der Waals surface area contributed by atoms with Crippen molar-refractivity contribution in [3.63, 3.8) is 0 Å². The van der Waals surface area contributed by atoms with Gasteiger partial charge in [-0.2, -0.15) is 0 Å². The molecule has 0 bridgehead atoms. The van der Waals surface area contributed by atoms with Gasteiger partial charge >= 0.3 is 0 Å². The maximum absolute atomic E-state index is 13.3. The van der Waals surface area contributed by atoms with Crippen LogP contribution in [0.25, 0.3) is 11.3 Å². The Hall–Kier alpha value is -1.82. The Kier molecular flexibility index (Phi) is 2.42. The van der Waals surface area contributed by atoms with Gasteiger partial charge < -0.3 is 0 Å². The van der Waals surface area contributed by atoms with E-state index in [9.17, 15) is 14.5 Å². The largest absolute Gasteiger partial charge is 0.270 e. The average molecular weight is 224 g/mol. The maximum Gasteiger partial charge on any atom is 0.270 e. The zero-order valence-corrected chi connectivity index (χ0v) is 8.20. The van der Waals surface area contributed by atoms with Crippen molar-refractivity contribution >= 4 is 17.0 Å².